The third-order valence-electron chi connectivity index (χ3n) is 2.50. The molecule has 0 aliphatic carbocycles. The zero-order valence-electron chi connectivity index (χ0n) is 8.02. The first-order chi connectivity index (χ1) is 6.79. The van der Waals surface area contributed by atoms with E-state index in [4.69, 9.17) is 5.84 Å². The Hall–Kier alpha value is -1.52. The van der Waals surface area contributed by atoms with E-state index in [-0.39, 0.29) is 5.56 Å². The second kappa shape index (κ2) is 3.69. The Morgan fingerprint density at radius 1 is 1.29 bits per heavy atom. The van der Waals surface area contributed by atoms with Crippen molar-refractivity contribution in [1.82, 2.24) is 9.66 Å². The van der Waals surface area contributed by atoms with Gasteiger partial charge in [-0.15, -0.1) is 0 Å². The molecule has 1 aliphatic heterocycles. The number of piperidine rings is 1. The molecule has 1 fully saturated rings. The maximum Gasteiger partial charge on any atom is 0.273 e. The summed E-state index contributed by atoms with van der Waals surface area (Å²) in [6, 6.07) is 1.37. The van der Waals surface area contributed by atoms with Crippen LogP contribution >= 0.6 is 0 Å². The van der Waals surface area contributed by atoms with Gasteiger partial charge in [0, 0.05) is 25.4 Å². The normalized spacial score (nSPS) is 17.0. The van der Waals surface area contributed by atoms with E-state index in [1.807, 2.05) is 0 Å². The van der Waals surface area contributed by atoms with Crippen molar-refractivity contribution in [3.63, 3.8) is 0 Å². The van der Waals surface area contributed by atoms with Crippen molar-refractivity contribution in [2.24, 2.45) is 0 Å². The number of nitrogen functional groups attached to an aromatic ring is 1. The van der Waals surface area contributed by atoms with Gasteiger partial charge in [0.05, 0.1) is 0 Å². The van der Waals surface area contributed by atoms with Gasteiger partial charge in [0.1, 0.15) is 0 Å². The molecule has 1 aliphatic rings. The summed E-state index contributed by atoms with van der Waals surface area (Å²) in [7, 11) is 0. The van der Waals surface area contributed by atoms with E-state index in [0.29, 0.717) is 5.95 Å². The molecule has 5 heteroatoms. The number of hydrogen-bond acceptors (Lipinski definition) is 4. The van der Waals surface area contributed by atoms with Gasteiger partial charge < -0.3 is 10.7 Å². The molecule has 0 unspecified atom stereocenters. The van der Waals surface area contributed by atoms with Crippen LogP contribution in [-0.4, -0.2) is 22.7 Å². The standard InChI is InChI=1S/C9H14N4O/c10-13-8(14)4-5-11-9(13)12-6-2-1-3-7-12/h4-5H,1-3,6-7,10H2. The maximum atomic E-state index is 11.3. The first-order valence-corrected chi connectivity index (χ1v) is 4.87. The van der Waals surface area contributed by atoms with Crippen molar-refractivity contribution in [1.29, 1.82) is 0 Å². The van der Waals surface area contributed by atoms with Crippen LogP contribution in [0.15, 0.2) is 17.1 Å². The predicted octanol–water partition coefficient (Wildman–Crippen LogP) is -0.0526. The molecule has 0 radical (unpaired) electrons. The molecule has 14 heavy (non-hydrogen) atoms. The van der Waals surface area contributed by atoms with Gasteiger partial charge >= 0.3 is 0 Å². The third-order valence-corrected chi connectivity index (χ3v) is 2.50. The van der Waals surface area contributed by atoms with E-state index in [2.05, 4.69) is 9.88 Å². The fraction of sp³-hybridized carbons (Fsp3) is 0.556. The van der Waals surface area contributed by atoms with Gasteiger partial charge in [-0.25, -0.2) is 4.98 Å². The summed E-state index contributed by atoms with van der Waals surface area (Å²) in [4.78, 5) is 17.4. The van der Waals surface area contributed by atoms with Crippen molar-refractivity contribution in [2.75, 3.05) is 23.8 Å². The second-order valence-corrected chi connectivity index (χ2v) is 3.50. The molecule has 76 valence electrons. The Labute approximate surface area is 82.1 Å². The smallest absolute Gasteiger partial charge is 0.273 e. The average molecular weight is 194 g/mol. The highest BCUT2D eigenvalue weighted by molar-refractivity contribution is 5.30. The van der Waals surface area contributed by atoms with Crippen molar-refractivity contribution in [3.05, 3.63) is 22.6 Å². The molecule has 5 nitrogen and oxygen atoms in total. The van der Waals surface area contributed by atoms with Crippen LogP contribution in [0, 0.1) is 0 Å². The highest BCUT2D eigenvalue weighted by Gasteiger charge is 2.14. The number of anilines is 1. The minimum atomic E-state index is -0.208. The summed E-state index contributed by atoms with van der Waals surface area (Å²) in [5.41, 5.74) is -0.208. The quantitative estimate of drug-likeness (QED) is 0.636. The molecule has 0 saturated carbocycles. The van der Waals surface area contributed by atoms with Gasteiger partial charge in [0.2, 0.25) is 5.95 Å². The molecule has 0 spiro atoms. The van der Waals surface area contributed by atoms with E-state index in [1.54, 1.807) is 0 Å². The summed E-state index contributed by atoms with van der Waals surface area (Å²) < 4.78 is 1.12. The van der Waals surface area contributed by atoms with Gasteiger partial charge in [-0.2, -0.15) is 4.68 Å². The van der Waals surface area contributed by atoms with Gasteiger partial charge in [-0.05, 0) is 19.3 Å². The number of hydrogen-bond donors (Lipinski definition) is 1. The number of rotatable bonds is 1. The van der Waals surface area contributed by atoms with Crippen LogP contribution in [0.1, 0.15) is 19.3 Å². The monoisotopic (exact) mass is 194 g/mol. The summed E-state index contributed by atoms with van der Waals surface area (Å²) in [6.07, 6.45) is 5.04. The molecule has 0 atom stereocenters. The molecular formula is C9H14N4O. The fourth-order valence-corrected chi connectivity index (χ4v) is 1.74. The highest BCUT2D eigenvalue weighted by atomic mass is 16.1. The van der Waals surface area contributed by atoms with E-state index in [9.17, 15) is 4.79 Å². The molecule has 2 rings (SSSR count). The Kier molecular flexibility index (Phi) is 2.39. The Bertz CT molecular complexity index is 367. The van der Waals surface area contributed by atoms with Gasteiger partial charge in [-0.3, -0.25) is 4.79 Å². The van der Waals surface area contributed by atoms with Crippen LogP contribution in [0.4, 0.5) is 5.95 Å². The van der Waals surface area contributed by atoms with Gasteiger partial charge in [-0.1, -0.05) is 0 Å². The molecule has 1 aromatic heterocycles. The molecule has 2 heterocycles. The number of aromatic nitrogens is 2. The minimum Gasteiger partial charge on any atom is -0.341 e. The summed E-state index contributed by atoms with van der Waals surface area (Å²) in [5, 5.41) is 0. The molecule has 0 bridgehead atoms. The lowest BCUT2D eigenvalue weighted by Crippen LogP contribution is -2.38. The molecule has 0 aromatic carbocycles. The van der Waals surface area contributed by atoms with Crippen molar-refractivity contribution < 1.29 is 0 Å². The molecule has 1 aromatic rings. The fourth-order valence-electron chi connectivity index (χ4n) is 1.74. The maximum absolute atomic E-state index is 11.3. The molecular weight excluding hydrogens is 180 g/mol. The minimum absolute atomic E-state index is 0.208. The zero-order valence-corrected chi connectivity index (χ0v) is 8.02. The second-order valence-electron chi connectivity index (χ2n) is 3.50. The summed E-state index contributed by atoms with van der Waals surface area (Å²) >= 11 is 0. The number of nitrogens with zero attached hydrogens (tertiary/aromatic N) is 3. The lowest BCUT2D eigenvalue weighted by Gasteiger charge is -2.28. The van der Waals surface area contributed by atoms with E-state index >= 15 is 0 Å². The Balaban J connectivity index is 2.30. The lowest BCUT2D eigenvalue weighted by atomic mass is 10.1. The first kappa shape index (κ1) is 9.05. The summed E-state index contributed by atoms with van der Waals surface area (Å²) in [5.74, 6) is 6.19. The van der Waals surface area contributed by atoms with E-state index in [1.165, 1.54) is 18.7 Å². The lowest BCUT2D eigenvalue weighted by molar-refractivity contribution is 0.560. The van der Waals surface area contributed by atoms with Crippen LogP contribution < -0.4 is 16.3 Å². The molecule has 2 N–H and O–H groups in total. The summed E-state index contributed by atoms with van der Waals surface area (Å²) in [6.45, 7) is 1.88. The largest absolute Gasteiger partial charge is 0.341 e. The highest BCUT2D eigenvalue weighted by Crippen LogP contribution is 2.14. The van der Waals surface area contributed by atoms with Crippen LogP contribution in [-0.2, 0) is 0 Å². The van der Waals surface area contributed by atoms with Crippen LogP contribution in [0.3, 0.4) is 0 Å². The van der Waals surface area contributed by atoms with Crippen LogP contribution in [0.2, 0.25) is 0 Å². The third kappa shape index (κ3) is 1.57. The van der Waals surface area contributed by atoms with Crippen LogP contribution in [0.25, 0.3) is 0 Å². The van der Waals surface area contributed by atoms with Crippen molar-refractivity contribution in [2.45, 2.75) is 19.3 Å². The van der Waals surface area contributed by atoms with Crippen molar-refractivity contribution >= 4 is 5.95 Å². The van der Waals surface area contributed by atoms with Gasteiger partial charge in [0.15, 0.2) is 0 Å². The van der Waals surface area contributed by atoms with E-state index < -0.39 is 0 Å². The first-order valence-electron chi connectivity index (χ1n) is 4.87. The van der Waals surface area contributed by atoms with Gasteiger partial charge in [0.25, 0.3) is 5.56 Å². The average Bonchev–Trinajstić information content (AvgIpc) is 2.23. The molecule has 1 saturated heterocycles. The van der Waals surface area contributed by atoms with E-state index in [0.717, 1.165) is 30.6 Å². The SMILES string of the molecule is Nn1c(N2CCCCC2)nccc1=O. The topological polar surface area (TPSA) is 64.2 Å². The Morgan fingerprint density at radius 2 is 2.00 bits per heavy atom. The predicted molar refractivity (Wildman–Crippen MR) is 54.7 cm³/mol. The zero-order chi connectivity index (χ0) is 9.97. The molecule has 0 amide bonds. The van der Waals surface area contributed by atoms with Crippen molar-refractivity contribution in [3.8, 4) is 0 Å². The Morgan fingerprint density at radius 3 is 2.71 bits per heavy atom. The van der Waals surface area contributed by atoms with Crippen LogP contribution in [0.5, 0.6) is 0 Å². The number of nitrogens with two attached hydrogens (primary N) is 1.